The summed E-state index contributed by atoms with van der Waals surface area (Å²) in [7, 11) is 1.75. The van der Waals surface area contributed by atoms with Crippen LogP contribution in [0.1, 0.15) is 17.0 Å². The van der Waals surface area contributed by atoms with Crippen LogP contribution >= 0.6 is 0 Å². The van der Waals surface area contributed by atoms with E-state index in [9.17, 15) is 4.79 Å². The van der Waals surface area contributed by atoms with Gasteiger partial charge in [0.05, 0.1) is 6.54 Å². The smallest absolute Gasteiger partial charge is 0.264 e. The van der Waals surface area contributed by atoms with Gasteiger partial charge in [-0.25, -0.2) is 0 Å². The summed E-state index contributed by atoms with van der Waals surface area (Å²) in [6, 6.07) is 9.58. The van der Waals surface area contributed by atoms with Crippen molar-refractivity contribution in [3.05, 3.63) is 47.3 Å². The lowest BCUT2D eigenvalue weighted by Crippen LogP contribution is -2.38. The highest BCUT2D eigenvalue weighted by Gasteiger charge is 2.31. The van der Waals surface area contributed by atoms with Crippen LogP contribution in [0, 0.1) is 6.92 Å². The van der Waals surface area contributed by atoms with E-state index in [0.717, 1.165) is 22.8 Å². The Labute approximate surface area is 117 Å². The summed E-state index contributed by atoms with van der Waals surface area (Å²) >= 11 is 0. The third kappa shape index (κ3) is 2.39. The van der Waals surface area contributed by atoms with Gasteiger partial charge in [0.15, 0.2) is 6.10 Å². The van der Waals surface area contributed by atoms with Gasteiger partial charge in [0, 0.05) is 19.5 Å². The van der Waals surface area contributed by atoms with Gasteiger partial charge in [0.1, 0.15) is 17.2 Å². The van der Waals surface area contributed by atoms with Gasteiger partial charge in [-0.3, -0.25) is 4.79 Å². The average molecular weight is 272 g/mol. The number of hydrogen-bond donors (Lipinski definition) is 0. The van der Waals surface area contributed by atoms with Crippen molar-refractivity contribution in [3.63, 3.8) is 0 Å². The van der Waals surface area contributed by atoms with E-state index < -0.39 is 6.10 Å². The predicted molar refractivity (Wildman–Crippen MR) is 72.3 cm³/mol. The van der Waals surface area contributed by atoms with Crippen LogP contribution in [-0.2, 0) is 17.8 Å². The van der Waals surface area contributed by atoms with Crippen LogP contribution < -0.4 is 4.74 Å². The fourth-order valence-corrected chi connectivity index (χ4v) is 2.38. The number of aryl methyl sites for hydroxylation is 1. The second kappa shape index (κ2) is 5.00. The highest BCUT2D eigenvalue weighted by atomic mass is 16.5. The molecule has 1 aliphatic heterocycles. The Bertz CT molecular complexity index is 611. The van der Waals surface area contributed by atoms with Crippen LogP contribution in [0.3, 0.4) is 0 Å². The summed E-state index contributed by atoms with van der Waals surface area (Å²) in [6.45, 7) is 2.25. The van der Waals surface area contributed by atoms with E-state index in [0.29, 0.717) is 13.0 Å². The second-order valence-electron chi connectivity index (χ2n) is 5.04. The van der Waals surface area contributed by atoms with E-state index in [-0.39, 0.29) is 5.91 Å². The fraction of sp³-hybridized carbons (Fsp3) is 0.333. The molecule has 0 saturated carbocycles. The monoisotopic (exact) mass is 272 g/mol. The largest absolute Gasteiger partial charge is 0.480 e. The van der Waals surface area contributed by atoms with Crippen LogP contribution in [0.25, 0.3) is 0 Å². The molecule has 0 saturated heterocycles. The number of carbonyl (C=O) groups is 1. The molecule has 5 heteroatoms. The number of ether oxygens (including phenoxy) is 1. The molecule has 20 heavy (non-hydrogen) atoms. The van der Waals surface area contributed by atoms with Crippen molar-refractivity contribution in [1.29, 1.82) is 0 Å². The first-order valence-electron chi connectivity index (χ1n) is 6.55. The van der Waals surface area contributed by atoms with Gasteiger partial charge in [0.2, 0.25) is 0 Å². The van der Waals surface area contributed by atoms with Crippen molar-refractivity contribution in [3.8, 4) is 5.75 Å². The summed E-state index contributed by atoms with van der Waals surface area (Å²) < 4.78 is 10.7. The molecule has 1 aliphatic rings. The molecule has 1 aromatic carbocycles. The van der Waals surface area contributed by atoms with Crippen molar-refractivity contribution >= 4 is 5.91 Å². The molecule has 3 rings (SSSR count). The molecule has 0 bridgehead atoms. The molecular weight excluding hydrogens is 256 g/mol. The molecule has 1 atom stereocenters. The number of rotatable bonds is 3. The van der Waals surface area contributed by atoms with Crippen LogP contribution in [-0.4, -0.2) is 29.1 Å². The number of para-hydroxylation sites is 1. The maximum atomic E-state index is 12.4. The maximum Gasteiger partial charge on any atom is 0.264 e. The zero-order valence-electron chi connectivity index (χ0n) is 11.5. The van der Waals surface area contributed by atoms with E-state index in [1.807, 2.05) is 37.3 Å². The molecule has 104 valence electrons. The first-order valence-corrected chi connectivity index (χ1v) is 6.55. The quantitative estimate of drug-likeness (QED) is 0.857. The van der Waals surface area contributed by atoms with Crippen molar-refractivity contribution in [2.75, 3.05) is 7.05 Å². The summed E-state index contributed by atoms with van der Waals surface area (Å²) in [6.07, 6.45) is 0.183. The van der Waals surface area contributed by atoms with E-state index in [2.05, 4.69) is 5.16 Å². The Kier molecular flexibility index (Phi) is 3.18. The zero-order chi connectivity index (χ0) is 14.1. The highest BCUT2D eigenvalue weighted by molar-refractivity contribution is 5.82. The molecular formula is C15H16N2O3. The predicted octanol–water partition coefficient (Wildman–Crippen LogP) is 1.95. The molecule has 0 radical (unpaired) electrons. The van der Waals surface area contributed by atoms with E-state index in [1.54, 1.807) is 11.9 Å². The van der Waals surface area contributed by atoms with Gasteiger partial charge in [-0.1, -0.05) is 23.4 Å². The molecule has 5 nitrogen and oxygen atoms in total. The Hall–Kier alpha value is -2.30. The van der Waals surface area contributed by atoms with Gasteiger partial charge in [-0.2, -0.15) is 0 Å². The van der Waals surface area contributed by atoms with Gasteiger partial charge < -0.3 is 14.2 Å². The first-order chi connectivity index (χ1) is 9.63. The standard InChI is InChI=1S/C15H16N2O3/c1-10-7-12(16-20-10)9-17(2)15(18)14-8-11-5-3-4-6-13(11)19-14/h3-7,14H,8-9H2,1-2H3. The Morgan fingerprint density at radius 3 is 2.95 bits per heavy atom. The number of carbonyl (C=O) groups excluding carboxylic acids is 1. The van der Waals surface area contributed by atoms with E-state index >= 15 is 0 Å². The van der Waals surface area contributed by atoms with Crippen LogP contribution in [0.5, 0.6) is 5.75 Å². The van der Waals surface area contributed by atoms with Gasteiger partial charge in [-0.15, -0.1) is 0 Å². The number of hydrogen-bond acceptors (Lipinski definition) is 4. The molecule has 1 amide bonds. The lowest BCUT2D eigenvalue weighted by Gasteiger charge is -2.19. The average Bonchev–Trinajstić information content (AvgIpc) is 3.03. The van der Waals surface area contributed by atoms with Crippen molar-refractivity contribution in [2.24, 2.45) is 0 Å². The highest BCUT2D eigenvalue weighted by Crippen LogP contribution is 2.28. The van der Waals surface area contributed by atoms with Gasteiger partial charge >= 0.3 is 0 Å². The number of fused-ring (bicyclic) bond motifs is 1. The van der Waals surface area contributed by atoms with Crippen molar-refractivity contribution in [2.45, 2.75) is 26.0 Å². The molecule has 0 fully saturated rings. The molecule has 0 spiro atoms. The molecule has 0 aliphatic carbocycles. The molecule has 1 unspecified atom stereocenters. The minimum Gasteiger partial charge on any atom is -0.480 e. The molecule has 1 aromatic heterocycles. The third-order valence-corrected chi connectivity index (χ3v) is 3.37. The lowest BCUT2D eigenvalue weighted by molar-refractivity contribution is -0.137. The van der Waals surface area contributed by atoms with Crippen LogP contribution in [0.2, 0.25) is 0 Å². The zero-order valence-corrected chi connectivity index (χ0v) is 11.5. The minimum atomic E-state index is -0.439. The van der Waals surface area contributed by atoms with Crippen LogP contribution in [0.4, 0.5) is 0 Å². The van der Waals surface area contributed by atoms with Crippen molar-refractivity contribution in [1.82, 2.24) is 10.1 Å². The summed E-state index contributed by atoms with van der Waals surface area (Å²) in [5.41, 5.74) is 1.82. The number of amides is 1. The third-order valence-electron chi connectivity index (χ3n) is 3.37. The minimum absolute atomic E-state index is 0.0400. The number of benzene rings is 1. The number of likely N-dealkylation sites (N-methyl/N-ethyl adjacent to an activating group) is 1. The summed E-state index contributed by atoms with van der Waals surface area (Å²) in [5.74, 6) is 1.50. The van der Waals surface area contributed by atoms with Crippen LogP contribution in [0.15, 0.2) is 34.9 Å². The number of nitrogens with zero attached hydrogens (tertiary/aromatic N) is 2. The second-order valence-corrected chi connectivity index (χ2v) is 5.04. The first kappa shape index (κ1) is 12.7. The molecule has 0 N–H and O–H groups in total. The Balaban J connectivity index is 1.65. The summed E-state index contributed by atoms with van der Waals surface area (Å²) in [5, 5.41) is 3.89. The maximum absolute atomic E-state index is 12.4. The Morgan fingerprint density at radius 2 is 2.25 bits per heavy atom. The molecule has 2 heterocycles. The van der Waals surface area contributed by atoms with Gasteiger partial charge in [0.25, 0.3) is 5.91 Å². The Morgan fingerprint density at radius 1 is 1.45 bits per heavy atom. The fourth-order valence-electron chi connectivity index (χ4n) is 2.38. The van der Waals surface area contributed by atoms with Gasteiger partial charge in [-0.05, 0) is 18.6 Å². The normalized spacial score (nSPS) is 16.6. The lowest BCUT2D eigenvalue weighted by atomic mass is 10.1. The SMILES string of the molecule is Cc1cc(CN(C)C(=O)C2Cc3ccccc3O2)no1. The van der Waals surface area contributed by atoms with E-state index in [4.69, 9.17) is 9.26 Å². The topological polar surface area (TPSA) is 55.6 Å². The molecule has 2 aromatic rings. The van der Waals surface area contributed by atoms with Crippen molar-refractivity contribution < 1.29 is 14.1 Å². The van der Waals surface area contributed by atoms with E-state index in [1.165, 1.54) is 0 Å². The number of aromatic nitrogens is 1. The summed E-state index contributed by atoms with van der Waals surface area (Å²) in [4.78, 5) is 14.0.